The molecule has 0 aromatic heterocycles. The molecule has 206 valence electrons. The molecule has 1 saturated heterocycles. The highest BCUT2D eigenvalue weighted by molar-refractivity contribution is 6.27. The summed E-state index contributed by atoms with van der Waals surface area (Å²) in [6, 6.07) is 3.87. The smallest absolute Gasteiger partial charge is 0.335 e. The number of ether oxygens (including phenoxy) is 2. The lowest BCUT2D eigenvalue weighted by Gasteiger charge is -2.47. The van der Waals surface area contributed by atoms with Gasteiger partial charge in [0.1, 0.15) is 11.5 Å². The average Bonchev–Trinajstić information content (AvgIpc) is 3.16. The number of rotatable bonds is 15. The molecule has 0 spiro atoms. The van der Waals surface area contributed by atoms with Gasteiger partial charge in [-0.3, -0.25) is 19.2 Å². The van der Waals surface area contributed by atoms with Crippen LogP contribution >= 0.6 is 23.2 Å². The number of hydrogen-bond donors (Lipinski definition) is 1. The van der Waals surface area contributed by atoms with Gasteiger partial charge in [0.2, 0.25) is 5.91 Å². The van der Waals surface area contributed by atoms with E-state index in [-0.39, 0.29) is 34.9 Å². The summed E-state index contributed by atoms with van der Waals surface area (Å²) in [7, 11) is 0. The van der Waals surface area contributed by atoms with Gasteiger partial charge in [0.15, 0.2) is 12.8 Å². The number of fused-ring (bicyclic) bond motifs is 1. The Morgan fingerprint density at radius 1 is 1.08 bits per heavy atom. The van der Waals surface area contributed by atoms with E-state index in [1.54, 1.807) is 12.1 Å². The van der Waals surface area contributed by atoms with Crippen LogP contribution in [0.5, 0.6) is 0 Å². The fraction of sp³-hybridized carbons (Fsp3) is 0.500. The van der Waals surface area contributed by atoms with Crippen molar-refractivity contribution in [2.45, 2.75) is 56.6 Å². The van der Waals surface area contributed by atoms with Crippen LogP contribution in [0.15, 0.2) is 36.4 Å². The van der Waals surface area contributed by atoms with Crippen LogP contribution in [0.4, 0.5) is 0 Å². The van der Waals surface area contributed by atoms with E-state index >= 15 is 0 Å². The molecule has 1 aromatic carbocycles. The summed E-state index contributed by atoms with van der Waals surface area (Å²) in [5.74, 6) is -3.26. The first-order chi connectivity index (χ1) is 18.2. The van der Waals surface area contributed by atoms with Crippen molar-refractivity contribution in [3.63, 3.8) is 0 Å². The number of hydrogen-bond acceptors (Lipinski definition) is 7. The summed E-state index contributed by atoms with van der Waals surface area (Å²) in [5, 5.41) is 2.60. The van der Waals surface area contributed by atoms with E-state index < -0.39 is 48.0 Å². The average molecular weight is 568 g/mol. The molecule has 0 bridgehead atoms. The third kappa shape index (κ3) is 6.54. The minimum atomic E-state index is -1.35. The Hall–Kier alpha value is -2.95. The van der Waals surface area contributed by atoms with Crippen LogP contribution in [-0.4, -0.2) is 82.8 Å². The van der Waals surface area contributed by atoms with Gasteiger partial charge in [0.05, 0.1) is 11.1 Å². The molecule has 2 aliphatic rings. The van der Waals surface area contributed by atoms with Crippen molar-refractivity contribution in [2.75, 3.05) is 25.8 Å². The fourth-order valence-corrected chi connectivity index (χ4v) is 4.68. The minimum absolute atomic E-state index is 0.132. The molecule has 4 amide bonds. The number of benzene rings is 1. The minimum Gasteiger partial charge on any atom is -0.442 e. The van der Waals surface area contributed by atoms with E-state index in [0.717, 1.165) is 29.1 Å². The fourth-order valence-electron chi connectivity index (χ4n) is 4.15. The van der Waals surface area contributed by atoms with Crippen molar-refractivity contribution in [2.24, 2.45) is 0 Å². The lowest BCUT2D eigenvalue weighted by molar-refractivity contribution is -0.164. The van der Waals surface area contributed by atoms with Gasteiger partial charge in [-0.1, -0.05) is 43.7 Å². The van der Waals surface area contributed by atoms with Crippen molar-refractivity contribution in [3.8, 4) is 0 Å². The number of nitrogens with one attached hydrogen (secondary N) is 1. The van der Waals surface area contributed by atoms with Crippen LogP contribution in [-0.2, 0) is 23.9 Å². The summed E-state index contributed by atoms with van der Waals surface area (Å²) in [6.45, 7) is 6.47. The maximum Gasteiger partial charge on any atom is 0.335 e. The normalized spacial score (nSPS) is 19.2. The van der Waals surface area contributed by atoms with Crippen molar-refractivity contribution in [1.29, 1.82) is 0 Å². The number of nitrogens with zero attached hydrogens (tertiary/aromatic N) is 2. The van der Waals surface area contributed by atoms with E-state index in [1.807, 2.05) is 6.92 Å². The molecular formula is C26H31Cl2N3O7. The third-order valence-electron chi connectivity index (χ3n) is 6.19. The first-order valence-electron chi connectivity index (χ1n) is 12.4. The molecule has 2 aliphatic heterocycles. The molecular weight excluding hydrogens is 537 g/mol. The molecule has 3 rings (SSSR count). The van der Waals surface area contributed by atoms with Gasteiger partial charge in [0, 0.05) is 25.5 Å². The predicted molar refractivity (Wildman–Crippen MR) is 140 cm³/mol. The molecule has 0 radical (unpaired) electrons. The van der Waals surface area contributed by atoms with Crippen molar-refractivity contribution in [3.05, 3.63) is 47.5 Å². The van der Waals surface area contributed by atoms with Gasteiger partial charge in [-0.2, -0.15) is 0 Å². The summed E-state index contributed by atoms with van der Waals surface area (Å²) in [6.07, 6.45) is 3.46. The number of halogens is 2. The zero-order chi connectivity index (χ0) is 27.8. The highest BCUT2D eigenvalue weighted by Gasteiger charge is 2.53. The van der Waals surface area contributed by atoms with Gasteiger partial charge in [0.25, 0.3) is 17.7 Å². The van der Waals surface area contributed by atoms with Crippen LogP contribution in [0.3, 0.4) is 0 Å². The van der Waals surface area contributed by atoms with E-state index in [4.69, 9.17) is 32.7 Å². The number of unbranched alkanes of at least 4 members (excludes halogenated alkanes) is 2. The maximum atomic E-state index is 13.0. The Balaban J connectivity index is 1.53. The van der Waals surface area contributed by atoms with Gasteiger partial charge in [-0.15, -0.1) is 11.6 Å². The quantitative estimate of drug-likeness (QED) is 0.0657. The molecule has 10 nitrogen and oxygen atoms in total. The summed E-state index contributed by atoms with van der Waals surface area (Å²) < 4.78 is 10.6. The molecule has 0 saturated carbocycles. The number of carbonyl (C=O) groups is 5. The lowest BCUT2D eigenvalue weighted by atomic mass is 9.99. The van der Waals surface area contributed by atoms with Gasteiger partial charge in [-0.05, 0) is 37.0 Å². The SMILES string of the molecule is C=C(CCl)C(C(=O)OCN1C(=O)c2ccccc2C1=O)N1C(=O)C(NC(=O)CCCCCOCCC)C1Cl. The van der Waals surface area contributed by atoms with Crippen LogP contribution < -0.4 is 5.32 Å². The summed E-state index contributed by atoms with van der Waals surface area (Å²) >= 11 is 12.3. The Kier molecular flexibility index (Phi) is 10.7. The van der Waals surface area contributed by atoms with E-state index in [0.29, 0.717) is 19.6 Å². The van der Waals surface area contributed by atoms with Crippen LogP contribution in [0.25, 0.3) is 0 Å². The van der Waals surface area contributed by atoms with Crippen LogP contribution in [0, 0.1) is 0 Å². The zero-order valence-corrected chi connectivity index (χ0v) is 22.6. The number of imide groups is 1. The number of esters is 1. The molecule has 3 atom stereocenters. The number of carbonyl (C=O) groups excluding carboxylic acids is 5. The first-order valence-corrected chi connectivity index (χ1v) is 13.4. The highest BCUT2D eigenvalue weighted by Crippen LogP contribution is 2.31. The largest absolute Gasteiger partial charge is 0.442 e. The second-order valence-corrected chi connectivity index (χ2v) is 9.67. The standard InChI is InChI=1S/C26H31Cl2N3O7/c1-3-12-37-13-8-4-5-11-19(32)29-20-22(28)31(25(20)35)21(16(2)14-27)26(36)38-15-30-23(33)17-9-6-7-10-18(17)24(30)34/h6-7,9-10,20-22H,2-5,8,11-15H2,1H3,(H,29,32). The second-order valence-electron chi connectivity index (χ2n) is 8.96. The van der Waals surface area contributed by atoms with Crippen molar-refractivity contribution >= 4 is 52.8 Å². The van der Waals surface area contributed by atoms with Crippen LogP contribution in [0.2, 0.25) is 0 Å². The summed E-state index contributed by atoms with van der Waals surface area (Å²) in [5.41, 5.74) is -0.506. The number of likely N-dealkylation sites (tertiary alicyclic amines) is 1. The Morgan fingerprint density at radius 3 is 2.32 bits per heavy atom. The van der Waals surface area contributed by atoms with Crippen molar-refractivity contribution < 1.29 is 33.4 Å². The molecule has 1 aromatic rings. The Bertz CT molecular complexity index is 1060. The molecule has 0 aliphatic carbocycles. The second kappa shape index (κ2) is 13.7. The Morgan fingerprint density at radius 2 is 1.74 bits per heavy atom. The highest BCUT2D eigenvalue weighted by atomic mass is 35.5. The van der Waals surface area contributed by atoms with E-state index in [9.17, 15) is 24.0 Å². The first kappa shape index (κ1) is 29.6. The van der Waals surface area contributed by atoms with E-state index in [1.165, 1.54) is 12.1 Å². The molecule has 1 N–H and O–H groups in total. The monoisotopic (exact) mass is 567 g/mol. The Labute approximate surface area is 231 Å². The molecule has 38 heavy (non-hydrogen) atoms. The van der Waals surface area contributed by atoms with Gasteiger partial charge in [-0.25, -0.2) is 9.69 Å². The van der Waals surface area contributed by atoms with Gasteiger partial charge >= 0.3 is 5.97 Å². The van der Waals surface area contributed by atoms with Crippen LogP contribution in [0.1, 0.15) is 59.7 Å². The van der Waals surface area contributed by atoms with E-state index in [2.05, 4.69) is 11.9 Å². The predicted octanol–water partition coefficient (Wildman–Crippen LogP) is 2.83. The van der Waals surface area contributed by atoms with Crippen molar-refractivity contribution in [1.82, 2.24) is 15.1 Å². The number of amides is 4. The molecule has 2 heterocycles. The molecule has 3 unspecified atom stereocenters. The zero-order valence-electron chi connectivity index (χ0n) is 21.1. The topological polar surface area (TPSA) is 122 Å². The third-order valence-corrected chi connectivity index (χ3v) is 7.00. The lowest BCUT2D eigenvalue weighted by Crippen LogP contribution is -2.72. The molecule has 12 heteroatoms. The summed E-state index contributed by atoms with van der Waals surface area (Å²) in [4.78, 5) is 65.0. The van der Waals surface area contributed by atoms with Gasteiger partial charge < -0.3 is 19.7 Å². The maximum absolute atomic E-state index is 13.0. The number of alkyl halides is 2. The number of β-lactam (4-membered cyclic amide) rings is 1. The molecule has 1 fully saturated rings.